The third kappa shape index (κ3) is 2.43. The quantitative estimate of drug-likeness (QED) is 0.912. The number of aryl methyl sites for hydroxylation is 1. The molecule has 1 aliphatic heterocycles. The van der Waals surface area contributed by atoms with Gasteiger partial charge in [-0.1, -0.05) is 29.3 Å². The lowest BCUT2D eigenvalue weighted by molar-refractivity contribution is 0.288. The zero-order valence-corrected chi connectivity index (χ0v) is 13.1. The summed E-state index contributed by atoms with van der Waals surface area (Å²) in [6.07, 6.45) is 3.77. The summed E-state index contributed by atoms with van der Waals surface area (Å²) in [5, 5.41) is 3.62. The summed E-state index contributed by atoms with van der Waals surface area (Å²) in [5.74, 6) is 2.00. The predicted molar refractivity (Wildman–Crippen MR) is 82.2 cm³/mol. The van der Waals surface area contributed by atoms with E-state index in [1.165, 1.54) is 30.6 Å². The Kier molecular flexibility index (Phi) is 3.63. The molecule has 1 N–H and O–H groups in total. The van der Waals surface area contributed by atoms with Gasteiger partial charge in [-0.25, -0.2) is 4.98 Å². The van der Waals surface area contributed by atoms with E-state index in [0.29, 0.717) is 6.04 Å². The molecule has 1 saturated heterocycles. The molecule has 3 rings (SSSR count). The van der Waals surface area contributed by atoms with Crippen LogP contribution in [-0.4, -0.2) is 16.1 Å². The van der Waals surface area contributed by atoms with Crippen LogP contribution in [-0.2, 0) is 7.05 Å². The van der Waals surface area contributed by atoms with Crippen LogP contribution in [0.4, 0.5) is 0 Å². The van der Waals surface area contributed by atoms with Crippen LogP contribution in [0.2, 0.25) is 0 Å². The van der Waals surface area contributed by atoms with Crippen molar-refractivity contribution >= 4 is 27.0 Å². The van der Waals surface area contributed by atoms with Crippen LogP contribution in [0.15, 0.2) is 22.7 Å². The highest BCUT2D eigenvalue weighted by Crippen LogP contribution is 2.30. The molecule has 0 radical (unpaired) electrons. The topological polar surface area (TPSA) is 29.9 Å². The van der Waals surface area contributed by atoms with Crippen molar-refractivity contribution in [2.45, 2.75) is 32.2 Å². The molecule has 4 heteroatoms. The number of nitrogens with one attached hydrogen (secondary N) is 1. The lowest BCUT2D eigenvalue weighted by Crippen LogP contribution is -2.33. The molecule has 0 spiro atoms. The number of rotatable bonds is 2. The predicted octanol–water partition coefficient (Wildman–Crippen LogP) is 3.79. The summed E-state index contributed by atoms with van der Waals surface area (Å²) in [5.41, 5.74) is 2.28. The Labute approximate surface area is 122 Å². The minimum atomic E-state index is 0.398. The summed E-state index contributed by atoms with van der Waals surface area (Å²) in [4.78, 5) is 4.84. The molecule has 2 unspecified atom stereocenters. The van der Waals surface area contributed by atoms with E-state index in [1.54, 1.807) is 0 Å². The van der Waals surface area contributed by atoms with Crippen LogP contribution in [0.25, 0.3) is 11.0 Å². The number of nitrogens with zero attached hydrogens (tertiary/aromatic N) is 2. The molecule has 1 aliphatic rings. The summed E-state index contributed by atoms with van der Waals surface area (Å²) < 4.78 is 3.32. The fourth-order valence-electron chi connectivity index (χ4n) is 3.07. The van der Waals surface area contributed by atoms with Gasteiger partial charge in [-0.3, -0.25) is 0 Å². The zero-order chi connectivity index (χ0) is 13.4. The van der Waals surface area contributed by atoms with Crippen molar-refractivity contribution < 1.29 is 0 Å². The monoisotopic (exact) mass is 321 g/mol. The van der Waals surface area contributed by atoms with Crippen molar-refractivity contribution in [3.05, 3.63) is 28.5 Å². The minimum Gasteiger partial charge on any atom is -0.330 e. The van der Waals surface area contributed by atoms with Crippen LogP contribution in [0, 0.1) is 5.92 Å². The van der Waals surface area contributed by atoms with Gasteiger partial charge in [0.05, 0.1) is 17.1 Å². The first-order valence-electron chi connectivity index (χ1n) is 7.04. The van der Waals surface area contributed by atoms with Gasteiger partial charge in [0.2, 0.25) is 0 Å². The smallest absolute Gasteiger partial charge is 0.126 e. The van der Waals surface area contributed by atoms with Gasteiger partial charge in [0.1, 0.15) is 5.82 Å². The maximum absolute atomic E-state index is 4.84. The van der Waals surface area contributed by atoms with Crippen molar-refractivity contribution in [3.63, 3.8) is 0 Å². The summed E-state index contributed by atoms with van der Waals surface area (Å²) in [7, 11) is 2.12. The first kappa shape index (κ1) is 13.1. The average molecular weight is 322 g/mol. The van der Waals surface area contributed by atoms with Crippen LogP contribution in [0.1, 0.15) is 38.1 Å². The summed E-state index contributed by atoms with van der Waals surface area (Å²) >= 11 is 3.52. The first-order valence-corrected chi connectivity index (χ1v) is 7.83. The number of fused-ring (bicyclic) bond motifs is 1. The SMILES string of the molecule is CCC1CCNC(c2nc3cc(Br)ccc3n2C)C1. The number of halogens is 1. The first-order chi connectivity index (χ1) is 9.19. The van der Waals surface area contributed by atoms with Crippen molar-refractivity contribution in [3.8, 4) is 0 Å². The van der Waals surface area contributed by atoms with E-state index < -0.39 is 0 Å². The van der Waals surface area contributed by atoms with Gasteiger partial charge in [0, 0.05) is 11.5 Å². The third-order valence-electron chi connectivity index (χ3n) is 4.28. The molecule has 19 heavy (non-hydrogen) atoms. The van der Waals surface area contributed by atoms with Crippen LogP contribution >= 0.6 is 15.9 Å². The molecular weight excluding hydrogens is 302 g/mol. The maximum Gasteiger partial charge on any atom is 0.126 e. The molecule has 0 aliphatic carbocycles. The molecule has 1 fully saturated rings. The van der Waals surface area contributed by atoms with Gasteiger partial charge in [-0.05, 0) is 43.5 Å². The lowest BCUT2D eigenvalue weighted by Gasteiger charge is -2.29. The Morgan fingerprint density at radius 2 is 2.32 bits per heavy atom. The fraction of sp³-hybridized carbons (Fsp3) is 0.533. The minimum absolute atomic E-state index is 0.398. The number of hydrogen-bond acceptors (Lipinski definition) is 2. The molecule has 0 amide bonds. The zero-order valence-electron chi connectivity index (χ0n) is 11.5. The van der Waals surface area contributed by atoms with E-state index in [-0.39, 0.29) is 0 Å². The highest BCUT2D eigenvalue weighted by molar-refractivity contribution is 9.10. The fourth-order valence-corrected chi connectivity index (χ4v) is 3.42. The van der Waals surface area contributed by atoms with Crippen molar-refractivity contribution in [1.82, 2.24) is 14.9 Å². The van der Waals surface area contributed by atoms with Crippen molar-refractivity contribution in [2.24, 2.45) is 13.0 Å². The van der Waals surface area contributed by atoms with Gasteiger partial charge >= 0.3 is 0 Å². The van der Waals surface area contributed by atoms with Crippen LogP contribution < -0.4 is 5.32 Å². The van der Waals surface area contributed by atoms with E-state index in [9.17, 15) is 0 Å². The number of hydrogen-bond donors (Lipinski definition) is 1. The molecule has 2 heterocycles. The number of aromatic nitrogens is 2. The second kappa shape index (κ2) is 5.25. The van der Waals surface area contributed by atoms with Crippen molar-refractivity contribution in [1.29, 1.82) is 0 Å². The second-order valence-electron chi connectivity index (χ2n) is 5.47. The molecule has 0 saturated carbocycles. The molecule has 2 aromatic rings. The van der Waals surface area contributed by atoms with Gasteiger partial charge < -0.3 is 9.88 Å². The van der Waals surface area contributed by atoms with Gasteiger partial charge in [0.15, 0.2) is 0 Å². The molecule has 102 valence electrons. The molecule has 1 aromatic heterocycles. The molecule has 0 bridgehead atoms. The average Bonchev–Trinajstić information content (AvgIpc) is 2.75. The maximum atomic E-state index is 4.84. The highest BCUT2D eigenvalue weighted by Gasteiger charge is 2.25. The standard InChI is InChI=1S/C15H20BrN3/c1-3-10-6-7-17-13(8-10)15-18-12-9-11(16)4-5-14(12)19(15)2/h4-5,9-10,13,17H,3,6-8H2,1-2H3. The normalized spacial score (nSPS) is 23.9. The largest absolute Gasteiger partial charge is 0.330 e. The lowest BCUT2D eigenvalue weighted by atomic mass is 9.90. The van der Waals surface area contributed by atoms with Crippen LogP contribution in [0.5, 0.6) is 0 Å². The third-order valence-corrected chi connectivity index (χ3v) is 4.77. The highest BCUT2D eigenvalue weighted by atomic mass is 79.9. The van der Waals surface area contributed by atoms with Gasteiger partial charge in [-0.15, -0.1) is 0 Å². The Morgan fingerprint density at radius 3 is 3.11 bits per heavy atom. The van der Waals surface area contributed by atoms with Gasteiger partial charge in [-0.2, -0.15) is 0 Å². The Bertz CT molecular complexity index is 590. The van der Waals surface area contributed by atoms with Gasteiger partial charge in [0.25, 0.3) is 0 Å². The summed E-state index contributed by atoms with van der Waals surface area (Å²) in [6.45, 7) is 3.40. The molecule has 3 nitrogen and oxygen atoms in total. The molecule has 2 atom stereocenters. The Balaban J connectivity index is 1.98. The van der Waals surface area contributed by atoms with E-state index in [4.69, 9.17) is 4.98 Å². The van der Waals surface area contributed by atoms with Crippen LogP contribution in [0.3, 0.4) is 0 Å². The Morgan fingerprint density at radius 1 is 1.47 bits per heavy atom. The van der Waals surface area contributed by atoms with E-state index in [0.717, 1.165) is 22.5 Å². The van der Waals surface area contributed by atoms with E-state index >= 15 is 0 Å². The second-order valence-corrected chi connectivity index (χ2v) is 6.38. The van der Waals surface area contributed by atoms with E-state index in [2.05, 4.69) is 58.0 Å². The molecular formula is C15H20BrN3. The van der Waals surface area contributed by atoms with Crippen molar-refractivity contribution in [2.75, 3.05) is 6.54 Å². The Hall–Kier alpha value is -0.870. The molecule has 1 aromatic carbocycles. The number of benzene rings is 1. The summed E-state index contributed by atoms with van der Waals surface area (Å²) in [6, 6.07) is 6.71. The van der Waals surface area contributed by atoms with E-state index in [1.807, 2.05) is 0 Å². The number of piperidine rings is 1. The number of imidazole rings is 1.